The number of methoxy groups -OCH3 is 1. The Morgan fingerprint density at radius 1 is 0.939 bits per heavy atom. The fraction of sp³-hybridized carbons (Fsp3) is 0.0800. The Balaban J connectivity index is 1.54. The Morgan fingerprint density at radius 3 is 2.27 bits per heavy atom. The van der Waals surface area contributed by atoms with E-state index >= 15 is 0 Å². The quantitative estimate of drug-likeness (QED) is 0.177. The molecule has 0 saturated heterocycles. The van der Waals surface area contributed by atoms with Crippen LogP contribution in [0.15, 0.2) is 88.2 Å². The van der Waals surface area contributed by atoms with Crippen molar-refractivity contribution in [2.45, 2.75) is 10.1 Å². The third-order valence-electron chi connectivity index (χ3n) is 4.58. The summed E-state index contributed by atoms with van der Waals surface area (Å²) in [7, 11) is 1.65. The first-order valence-electron chi connectivity index (χ1n) is 9.96. The molecule has 3 aromatic carbocycles. The molecule has 33 heavy (non-hydrogen) atoms. The SMILES string of the molecule is COc1ccc(/C=C/C(=N\c2nnc(SCc3ccc(Cl)cc3)s2)c2ccc(Cl)cc2)cc1. The molecule has 0 unspecified atom stereocenters. The normalized spacial score (nSPS) is 11.8. The summed E-state index contributed by atoms with van der Waals surface area (Å²) >= 11 is 15.1. The summed E-state index contributed by atoms with van der Waals surface area (Å²) in [6, 6.07) is 23.2. The Morgan fingerprint density at radius 2 is 1.61 bits per heavy atom. The third kappa shape index (κ3) is 6.92. The van der Waals surface area contributed by atoms with E-state index in [0.29, 0.717) is 10.2 Å². The van der Waals surface area contributed by atoms with E-state index in [0.717, 1.165) is 37.7 Å². The molecule has 1 heterocycles. The van der Waals surface area contributed by atoms with E-state index in [1.165, 1.54) is 16.9 Å². The summed E-state index contributed by atoms with van der Waals surface area (Å²) in [6.45, 7) is 0. The van der Waals surface area contributed by atoms with Crippen molar-refractivity contribution in [1.82, 2.24) is 10.2 Å². The van der Waals surface area contributed by atoms with E-state index in [-0.39, 0.29) is 0 Å². The van der Waals surface area contributed by atoms with Crippen LogP contribution >= 0.6 is 46.3 Å². The largest absolute Gasteiger partial charge is 0.497 e. The van der Waals surface area contributed by atoms with Gasteiger partial charge in [-0.1, -0.05) is 88.8 Å². The first kappa shape index (κ1) is 23.5. The van der Waals surface area contributed by atoms with Crippen LogP contribution in [0.5, 0.6) is 5.75 Å². The van der Waals surface area contributed by atoms with Crippen molar-refractivity contribution < 1.29 is 4.74 Å². The fourth-order valence-electron chi connectivity index (χ4n) is 2.84. The minimum absolute atomic E-state index is 0.595. The van der Waals surface area contributed by atoms with Crippen LogP contribution in [0.4, 0.5) is 5.13 Å². The first-order valence-corrected chi connectivity index (χ1v) is 12.5. The maximum Gasteiger partial charge on any atom is 0.232 e. The number of aromatic nitrogens is 2. The lowest BCUT2D eigenvalue weighted by Crippen LogP contribution is -1.96. The van der Waals surface area contributed by atoms with E-state index in [9.17, 15) is 0 Å². The van der Waals surface area contributed by atoms with Crippen LogP contribution in [-0.2, 0) is 5.75 Å². The lowest BCUT2D eigenvalue weighted by Gasteiger charge is -2.02. The van der Waals surface area contributed by atoms with Gasteiger partial charge < -0.3 is 4.74 Å². The van der Waals surface area contributed by atoms with Gasteiger partial charge in [-0.2, -0.15) is 0 Å². The van der Waals surface area contributed by atoms with Crippen LogP contribution < -0.4 is 4.74 Å². The van der Waals surface area contributed by atoms with Gasteiger partial charge in [-0.15, -0.1) is 10.2 Å². The van der Waals surface area contributed by atoms with Crippen LogP contribution in [0.2, 0.25) is 10.0 Å². The van der Waals surface area contributed by atoms with Gasteiger partial charge in [-0.05, 0) is 53.6 Å². The topological polar surface area (TPSA) is 47.4 Å². The van der Waals surface area contributed by atoms with Crippen LogP contribution in [0.3, 0.4) is 0 Å². The highest BCUT2D eigenvalue weighted by Crippen LogP contribution is 2.30. The molecule has 0 aliphatic carbocycles. The summed E-state index contributed by atoms with van der Waals surface area (Å²) in [5.41, 5.74) is 3.92. The van der Waals surface area contributed by atoms with Crippen molar-refractivity contribution in [3.05, 3.63) is 106 Å². The maximum atomic E-state index is 6.08. The molecule has 166 valence electrons. The highest BCUT2D eigenvalue weighted by atomic mass is 35.5. The summed E-state index contributed by atoms with van der Waals surface area (Å²) in [6.07, 6.45) is 3.97. The predicted octanol–water partition coefficient (Wildman–Crippen LogP) is 7.98. The molecule has 0 saturated carbocycles. The van der Waals surface area contributed by atoms with Crippen molar-refractivity contribution in [1.29, 1.82) is 0 Å². The molecular weight excluding hydrogens is 493 g/mol. The van der Waals surface area contributed by atoms with Gasteiger partial charge in [0, 0.05) is 21.4 Å². The molecule has 1 aromatic heterocycles. The van der Waals surface area contributed by atoms with E-state index in [2.05, 4.69) is 10.2 Å². The number of hydrogen-bond acceptors (Lipinski definition) is 6. The second-order valence-electron chi connectivity index (χ2n) is 6.88. The Labute approximate surface area is 211 Å². The number of hydrogen-bond donors (Lipinski definition) is 0. The number of thioether (sulfide) groups is 1. The third-order valence-corrected chi connectivity index (χ3v) is 7.10. The van der Waals surface area contributed by atoms with Gasteiger partial charge in [0.1, 0.15) is 5.75 Å². The maximum absolute atomic E-state index is 6.08. The summed E-state index contributed by atoms with van der Waals surface area (Å²) < 4.78 is 6.09. The van der Waals surface area contributed by atoms with Crippen LogP contribution in [0, 0.1) is 0 Å². The summed E-state index contributed by atoms with van der Waals surface area (Å²) in [5.74, 6) is 1.60. The molecule has 0 amide bonds. The van der Waals surface area contributed by atoms with Gasteiger partial charge in [-0.25, -0.2) is 4.99 Å². The molecule has 0 bridgehead atoms. The molecule has 8 heteroatoms. The van der Waals surface area contributed by atoms with Crippen molar-refractivity contribution in [2.24, 2.45) is 4.99 Å². The summed E-state index contributed by atoms with van der Waals surface area (Å²) in [4.78, 5) is 4.77. The lowest BCUT2D eigenvalue weighted by molar-refractivity contribution is 0.415. The Bertz CT molecular complexity index is 1250. The van der Waals surface area contributed by atoms with E-state index in [4.69, 9.17) is 32.9 Å². The van der Waals surface area contributed by atoms with Gasteiger partial charge in [-0.3, -0.25) is 0 Å². The van der Waals surface area contributed by atoms with Crippen molar-refractivity contribution in [2.75, 3.05) is 7.11 Å². The standard InChI is InChI=1S/C25H19Cl2N3OS2/c1-31-22-13-4-17(5-14-22)6-15-23(19-7-11-21(27)12-8-19)28-24-29-30-25(33-24)32-16-18-2-9-20(26)10-3-18/h2-15H,16H2,1H3/b15-6+,28-23+. The van der Waals surface area contributed by atoms with Crippen LogP contribution in [-0.4, -0.2) is 23.0 Å². The molecule has 4 nitrogen and oxygen atoms in total. The molecule has 0 fully saturated rings. The van der Waals surface area contributed by atoms with Crippen LogP contribution in [0.25, 0.3) is 6.08 Å². The minimum atomic E-state index is 0.595. The second-order valence-corrected chi connectivity index (χ2v) is 9.93. The van der Waals surface area contributed by atoms with E-state index in [1.54, 1.807) is 18.9 Å². The molecule has 0 radical (unpaired) electrons. The Hall–Kier alpha value is -2.64. The minimum Gasteiger partial charge on any atom is -0.497 e. The molecular formula is C25H19Cl2N3OS2. The van der Waals surface area contributed by atoms with Gasteiger partial charge in [0.15, 0.2) is 4.34 Å². The van der Waals surface area contributed by atoms with Gasteiger partial charge in [0.2, 0.25) is 5.13 Å². The van der Waals surface area contributed by atoms with Crippen molar-refractivity contribution in [3.8, 4) is 5.75 Å². The van der Waals surface area contributed by atoms with E-state index in [1.807, 2.05) is 84.9 Å². The second kappa shape index (κ2) is 11.5. The van der Waals surface area contributed by atoms with Crippen molar-refractivity contribution >= 4 is 63.2 Å². The van der Waals surface area contributed by atoms with Gasteiger partial charge in [0.25, 0.3) is 0 Å². The smallest absolute Gasteiger partial charge is 0.232 e. The number of ether oxygens (including phenoxy) is 1. The van der Waals surface area contributed by atoms with Crippen molar-refractivity contribution in [3.63, 3.8) is 0 Å². The average molecular weight is 512 g/mol. The fourth-order valence-corrected chi connectivity index (χ4v) is 4.78. The zero-order valence-corrected chi connectivity index (χ0v) is 20.8. The highest BCUT2D eigenvalue weighted by Gasteiger charge is 2.08. The van der Waals surface area contributed by atoms with Crippen LogP contribution in [0.1, 0.15) is 16.7 Å². The molecule has 4 aromatic rings. The number of benzene rings is 3. The molecule has 0 N–H and O–H groups in total. The number of halogens is 2. The monoisotopic (exact) mass is 511 g/mol. The Kier molecular flexibility index (Phi) is 8.18. The zero-order valence-electron chi connectivity index (χ0n) is 17.6. The van der Waals surface area contributed by atoms with Gasteiger partial charge >= 0.3 is 0 Å². The predicted molar refractivity (Wildman–Crippen MR) is 141 cm³/mol. The zero-order chi connectivity index (χ0) is 23.0. The van der Waals surface area contributed by atoms with E-state index < -0.39 is 0 Å². The number of allylic oxidation sites excluding steroid dienone is 1. The molecule has 0 atom stereocenters. The molecule has 4 rings (SSSR count). The highest BCUT2D eigenvalue weighted by molar-refractivity contribution is 8.00. The lowest BCUT2D eigenvalue weighted by atomic mass is 10.1. The number of nitrogens with zero attached hydrogens (tertiary/aromatic N) is 3. The average Bonchev–Trinajstić information content (AvgIpc) is 3.30. The summed E-state index contributed by atoms with van der Waals surface area (Å²) in [5, 5.41) is 10.6. The molecule has 0 aliphatic heterocycles. The molecule has 0 spiro atoms. The number of rotatable bonds is 8. The first-order chi connectivity index (χ1) is 16.1. The number of aliphatic imine (C=N–C) groups is 1. The van der Waals surface area contributed by atoms with Gasteiger partial charge in [0.05, 0.1) is 12.8 Å². The molecule has 0 aliphatic rings.